The summed E-state index contributed by atoms with van der Waals surface area (Å²) in [7, 11) is 0. The molecular formula is C62H36O8. The van der Waals surface area contributed by atoms with Crippen LogP contribution >= 0.6 is 0 Å². The Labute approximate surface area is 400 Å². The van der Waals surface area contributed by atoms with Crippen molar-refractivity contribution in [2.24, 2.45) is 0 Å². The molecule has 0 amide bonds. The van der Waals surface area contributed by atoms with Gasteiger partial charge in [0.2, 0.25) is 0 Å². The highest BCUT2D eigenvalue weighted by atomic mass is 16.4. The number of benzene rings is 11. The maximum Gasteiger partial charge on any atom is 0.335 e. The summed E-state index contributed by atoms with van der Waals surface area (Å²) < 4.78 is 0. The second-order valence-electron chi connectivity index (χ2n) is 16.6. The van der Waals surface area contributed by atoms with Gasteiger partial charge < -0.3 is 20.4 Å². The molecule has 0 aliphatic carbocycles. The molecule has 11 aromatic carbocycles. The molecule has 11 aromatic rings. The minimum absolute atomic E-state index is 0.219. The number of hydrogen-bond acceptors (Lipinski definition) is 4. The lowest BCUT2D eigenvalue weighted by Gasteiger charge is -2.14. The van der Waals surface area contributed by atoms with Crippen LogP contribution < -0.4 is 0 Å². The molecule has 0 spiro atoms. The number of rotatable bonds is 6. The fraction of sp³-hybridized carbons (Fsp3) is 0. The standard InChI is InChI=1S/C32H18O4.C30H18O4/c33-31(34)23-15-9-21(10-16-23)13-19-29-25-5-1-2-6-26(25)30(28-8-4-3-7-27(28)29)20-14-22-11-17-24(18-12-22)32(35)36;31-29(32)19-5-1-17(2-6-19)25-13-21-9-11-23-15-26(18-3-7-20(8-4-18)30(33)34)16-24-12-10-22(14-25)27(21)28(23)24/h1-12,15-18H,(H,33,34)(H,35,36);1-16H,(H,31,32)(H,33,34). The normalized spacial score (nSPS) is 10.8. The van der Waals surface area contributed by atoms with Gasteiger partial charge in [0.1, 0.15) is 0 Å². The Bertz CT molecular complexity index is 3650. The molecule has 0 saturated heterocycles. The average Bonchev–Trinajstić information content (AvgIpc) is 3.39. The molecular weight excluding hydrogens is 873 g/mol. The molecule has 0 unspecified atom stereocenters. The van der Waals surface area contributed by atoms with Crippen LogP contribution in [0, 0.1) is 23.7 Å². The van der Waals surface area contributed by atoms with Gasteiger partial charge in [-0.15, -0.1) is 0 Å². The van der Waals surface area contributed by atoms with E-state index in [1.807, 2.05) is 72.8 Å². The van der Waals surface area contributed by atoms with E-state index >= 15 is 0 Å². The summed E-state index contributed by atoms with van der Waals surface area (Å²) in [6.07, 6.45) is 0. The molecule has 0 aromatic heterocycles. The average molecular weight is 909 g/mol. The molecule has 0 bridgehead atoms. The summed E-state index contributed by atoms with van der Waals surface area (Å²) in [4.78, 5) is 44.6. The van der Waals surface area contributed by atoms with Crippen molar-refractivity contribution >= 4 is 77.7 Å². The third kappa shape index (κ3) is 8.60. The van der Waals surface area contributed by atoms with Gasteiger partial charge in [0.25, 0.3) is 0 Å². The van der Waals surface area contributed by atoms with Gasteiger partial charge in [-0.05, 0) is 173 Å². The largest absolute Gasteiger partial charge is 0.478 e. The lowest BCUT2D eigenvalue weighted by molar-refractivity contribution is 0.0686. The van der Waals surface area contributed by atoms with Gasteiger partial charge in [-0.25, -0.2) is 19.2 Å². The second kappa shape index (κ2) is 18.3. The van der Waals surface area contributed by atoms with Crippen LogP contribution in [0.1, 0.15) is 63.7 Å². The molecule has 0 heterocycles. The van der Waals surface area contributed by atoms with Gasteiger partial charge in [-0.2, -0.15) is 0 Å². The molecule has 0 aliphatic heterocycles. The lowest BCUT2D eigenvalue weighted by atomic mass is 9.89. The predicted octanol–water partition coefficient (Wildman–Crippen LogP) is 13.5. The Morgan fingerprint density at radius 3 is 0.800 bits per heavy atom. The summed E-state index contributed by atoms with van der Waals surface area (Å²) >= 11 is 0. The Morgan fingerprint density at radius 1 is 0.286 bits per heavy atom. The molecule has 332 valence electrons. The van der Waals surface area contributed by atoms with Crippen molar-refractivity contribution in [2.75, 3.05) is 0 Å². The molecule has 11 rings (SSSR count). The molecule has 4 N–H and O–H groups in total. The highest BCUT2D eigenvalue weighted by Crippen LogP contribution is 2.40. The first-order valence-electron chi connectivity index (χ1n) is 22.0. The predicted molar refractivity (Wildman–Crippen MR) is 275 cm³/mol. The Kier molecular flexibility index (Phi) is 11.5. The van der Waals surface area contributed by atoms with Crippen LogP contribution in [-0.4, -0.2) is 44.3 Å². The first-order chi connectivity index (χ1) is 34.0. The maximum absolute atomic E-state index is 11.2. The van der Waals surface area contributed by atoms with E-state index in [2.05, 4.69) is 72.2 Å². The third-order valence-corrected chi connectivity index (χ3v) is 12.3. The molecule has 0 fully saturated rings. The summed E-state index contributed by atoms with van der Waals surface area (Å²) in [5.41, 5.74) is 8.22. The first kappa shape index (κ1) is 43.9. The number of carboxylic acid groups (broad SMARTS) is 4. The fourth-order valence-corrected chi connectivity index (χ4v) is 8.84. The Balaban J connectivity index is 0.000000162. The van der Waals surface area contributed by atoms with Crippen LogP contribution in [0.2, 0.25) is 0 Å². The van der Waals surface area contributed by atoms with Crippen LogP contribution in [0.5, 0.6) is 0 Å². The minimum atomic E-state index is -0.971. The molecule has 0 radical (unpaired) electrons. The Hall–Kier alpha value is -10.0. The smallest absolute Gasteiger partial charge is 0.335 e. The zero-order chi connectivity index (χ0) is 48.5. The van der Waals surface area contributed by atoms with Gasteiger partial charge >= 0.3 is 23.9 Å². The fourth-order valence-electron chi connectivity index (χ4n) is 8.84. The van der Waals surface area contributed by atoms with E-state index in [4.69, 9.17) is 10.2 Å². The summed E-state index contributed by atoms with van der Waals surface area (Å²) in [5.74, 6) is 9.17. The van der Waals surface area contributed by atoms with Crippen LogP contribution in [-0.2, 0) is 0 Å². The van der Waals surface area contributed by atoms with Gasteiger partial charge in [0.15, 0.2) is 0 Å². The molecule has 0 aliphatic rings. The highest BCUT2D eigenvalue weighted by molar-refractivity contribution is 6.24. The van der Waals surface area contributed by atoms with E-state index in [9.17, 15) is 29.4 Å². The van der Waals surface area contributed by atoms with E-state index < -0.39 is 23.9 Å². The number of aromatic carboxylic acids is 4. The lowest BCUT2D eigenvalue weighted by Crippen LogP contribution is -1.95. The van der Waals surface area contributed by atoms with Crippen LogP contribution in [0.4, 0.5) is 0 Å². The van der Waals surface area contributed by atoms with Crippen LogP contribution in [0.25, 0.3) is 76.1 Å². The van der Waals surface area contributed by atoms with Gasteiger partial charge in [0, 0.05) is 22.3 Å². The van der Waals surface area contributed by atoms with Gasteiger partial charge in [0.05, 0.1) is 22.3 Å². The summed E-state index contributed by atoms with van der Waals surface area (Å²) in [6, 6.07) is 59.9. The van der Waals surface area contributed by atoms with Crippen LogP contribution in [0.15, 0.2) is 194 Å². The van der Waals surface area contributed by atoms with E-state index in [1.165, 1.54) is 10.8 Å². The van der Waals surface area contributed by atoms with Crippen molar-refractivity contribution in [1.29, 1.82) is 0 Å². The summed E-state index contributed by atoms with van der Waals surface area (Å²) in [6.45, 7) is 0. The zero-order valence-electron chi connectivity index (χ0n) is 36.9. The molecule has 0 saturated carbocycles. The number of carboxylic acids is 4. The van der Waals surface area contributed by atoms with Crippen molar-refractivity contribution in [3.8, 4) is 45.9 Å². The highest BCUT2D eigenvalue weighted by Gasteiger charge is 2.15. The molecule has 70 heavy (non-hydrogen) atoms. The SMILES string of the molecule is O=C(O)c1ccc(-c2cc3ccc4cc(-c5ccc(C(=O)O)cc5)cc5ccc(c2)c3c45)cc1.O=C(O)c1ccc(C#Cc2c3ccccc3c(C#Cc3ccc(C(=O)O)cc3)c3ccccc23)cc1. The monoisotopic (exact) mass is 908 g/mol. The third-order valence-electron chi connectivity index (χ3n) is 12.3. The molecule has 8 nitrogen and oxygen atoms in total. The van der Waals surface area contributed by atoms with Gasteiger partial charge in [-0.3, -0.25) is 0 Å². The van der Waals surface area contributed by atoms with Crippen LogP contribution in [0.3, 0.4) is 0 Å². The van der Waals surface area contributed by atoms with E-state index in [0.717, 1.165) is 87.6 Å². The number of hydrogen-bond donors (Lipinski definition) is 4. The Morgan fingerprint density at radius 2 is 0.543 bits per heavy atom. The van der Waals surface area contributed by atoms with E-state index in [0.29, 0.717) is 0 Å². The molecule has 0 atom stereocenters. The first-order valence-corrected chi connectivity index (χ1v) is 22.0. The maximum atomic E-state index is 11.2. The van der Waals surface area contributed by atoms with Crippen molar-refractivity contribution in [3.05, 3.63) is 239 Å². The number of fused-ring (bicyclic) bond motifs is 2. The topological polar surface area (TPSA) is 149 Å². The zero-order valence-corrected chi connectivity index (χ0v) is 36.9. The van der Waals surface area contributed by atoms with Crippen molar-refractivity contribution < 1.29 is 39.6 Å². The van der Waals surface area contributed by atoms with Crippen molar-refractivity contribution in [1.82, 2.24) is 0 Å². The van der Waals surface area contributed by atoms with Crippen molar-refractivity contribution in [3.63, 3.8) is 0 Å². The van der Waals surface area contributed by atoms with E-state index in [-0.39, 0.29) is 22.3 Å². The van der Waals surface area contributed by atoms with E-state index in [1.54, 1.807) is 72.8 Å². The second-order valence-corrected chi connectivity index (χ2v) is 16.6. The molecule has 8 heteroatoms. The van der Waals surface area contributed by atoms with Gasteiger partial charge in [-0.1, -0.05) is 121 Å². The minimum Gasteiger partial charge on any atom is -0.478 e. The quantitative estimate of drug-likeness (QED) is 0.0732. The number of carbonyl (C=O) groups is 4. The summed E-state index contributed by atoms with van der Waals surface area (Å²) in [5, 5.41) is 47.4. The van der Waals surface area contributed by atoms with Crippen molar-refractivity contribution in [2.45, 2.75) is 0 Å².